The molecule has 2 atom stereocenters. The molecule has 0 bridgehead atoms. The Bertz CT molecular complexity index is 407. The van der Waals surface area contributed by atoms with E-state index in [4.69, 9.17) is 15.5 Å². The molecule has 1 aliphatic rings. The molecule has 2 rings (SSSR count). The van der Waals surface area contributed by atoms with Gasteiger partial charge in [-0.3, -0.25) is 0 Å². The van der Waals surface area contributed by atoms with Crippen LogP contribution in [0.2, 0.25) is 0 Å². The molecule has 1 aromatic rings. The van der Waals surface area contributed by atoms with Crippen molar-refractivity contribution < 1.29 is 4.74 Å². The van der Waals surface area contributed by atoms with Crippen molar-refractivity contribution in [1.29, 1.82) is 0 Å². The number of nitrogens with two attached hydrogens (primary N) is 1. The second-order valence-electron chi connectivity index (χ2n) is 5.54. The van der Waals surface area contributed by atoms with E-state index in [2.05, 4.69) is 18.9 Å². The van der Waals surface area contributed by atoms with E-state index >= 15 is 0 Å². The molecule has 1 heterocycles. The van der Waals surface area contributed by atoms with Crippen molar-refractivity contribution in [3.05, 3.63) is 10.6 Å². The standard InChI is InChI=1S/C14H25N3OS/c1-10-5-4-6-11(7-10)17(2)14-16-12(9-18-3)13(8-15)19-14/h10-11H,4-9,15H2,1-3H3. The van der Waals surface area contributed by atoms with Crippen LogP contribution in [0.25, 0.3) is 0 Å². The van der Waals surface area contributed by atoms with Crippen LogP contribution >= 0.6 is 11.3 Å². The minimum absolute atomic E-state index is 0.547. The first-order chi connectivity index (χ1) is 9.15. The Labute approximate surface area is 120 Å². The van der Waals surface area contributed by atoms with Crippen LogP contribution in [-0.4, -0.2) is 25.2 Å². The first-order valence-electron chi connectivity index (χ1n) is 7.06. The van der Waals surface area contributed by atoms with Crippen LogP contribution in [-0.2, 0) is 17.9 Å². The summed E-state index contributed by atoms with van der Waals surface area (Å²) in [5, 5.41) is 1.09. The third-order valence-electron chi connectivity index (χ3n) is 3.99. The highest BCUT2D eigenvalue weighted by Crippen LogP contribution is 2.33. The van der Waals surface area contributed by atoms with E-state index in [0.29, 0.717) is 19.2 Å². The number of hydrogen-bond acceptors (Lipinski definition) is 5. The van der Waals surface area contributed by atoms with Gasteiger partial charge in [0.25, 0.3) is 0 Å². The summed E-state index contributed by atoms with van der Waals surface area (Å²) in [6.07, 6.45) is 5.24. The number of aromatic nitrogens is 1. The highest BCUT2D eigenvalue weighted by molar-refractivity contribution is 7.15. The van der Waals surface area contributed by atoms with Gasteiger partial charge < -0.3 is 15.4 Å². The Morgan fingerprint density at radius 2 is 2.26 bits per heavy atom. The van der Waals surface area contributed by atoms with Crippen LogP contribution in [0, 0.1) is 5.92 Å². The van der Waals surface area contributed by atoms with Gasteiger partial charge >= 0.3 is 0 Å². The van der Waals surface area contributed by atoms with Gasteiger partial charge in [0.1, 0.15) is 0 Å². The Morgan fingerprint density at radius 1 is 1.47 bits per heavy atom. The van der Waals surface area contributed by atoms with Crippen molar-refractivity contribution in [1.82, 2.24) is 4.98 Å². The number of thiazole rings is 1. The zero-order valence-electron chi connectivity index (χ0n) is 12.2. The van der Waals surface area contributed by atoms with Gasteiger partial charge in [0.05, 0.1) is 12.3 Å². The van der Waals surface area contributed by atoms with Crippen molar-refractivity contribution in [2.24, 2.45) is 11.7 Å². The molecule has 2 unspecified atom stereocenters. The lowest BCUT2D eigenvalue weighted by atomic mass is 9.86. The van der Waals surface area contributed by atoms with Gasteiger partial charge in [0.2, 0.25) is 0 Å². The van der Waals surface area contributed by atoms with Crippen LogP contribution in [0.4, 0.5) is 5.13 Å². The minimum atomic E-state index is 0.547. The molecule has 0 aromatic carbocycles. The second kappa shape index (κ2) is 6.68. The van der Waals surface area contributed by atoms with Gasteiger partial charge in [-0.1, -0.05) is 19.8 Å². The molecule has 4 nitrogen and oxygen atoms in total. The molecular weight excluding hydrogens is 258 g/mol. The second-order valence-corrected chi connectivity index (χ2v) is 6.60. The average Bonchev–Trinajstić information content (AvgIpc) is 2.81. The normalized spacial score (nSPS) is 23.6. The molecule has 1 saturated carbocycles. The third-order valence-corrected chi connectivity index (χ3v) is 5.20. The fourth-order valence-corrected chi connectivity index (χ4v) is 3.81. The quantitative estimate of drug-likeness (QED) is 0.903. The van der Waals surface area contributed by atoms with E-state index < -0.39 is 0 Å². The first kappa shape index (κ1) is 14.8. The number of ether oxygens (including phenoxy) is 1. The maximum absolute atomic E-state index is 5.79. The van der Waals surface area contributed by atoms with Crippen molar-refractivity contribution in [3.63, 3.8) is 0 Å². The van der Waals surface area contributed by atoms with Crippen LogP contribution in [0.3, 0.4) is 0 Å². The molecule has 0 spiro atoms. The zero-order chi connectivity index (χ0) is 13.8. The van der Waals surface area contributed by atoms with Crippen molar-refractivity contribution in [2.45, 2.75) is 51.8 Å². The number of hydrogen-bond donors (Lipinski definition) is 1. The van der Waals surface area contributed by atoms with E-state index in [1.807, 2.05) is 0 Å². The number of rotatable bonds is 5. The fraction of sp³-hybridized carbons (Fsp3) is 0.786. The molecular formula is C14H25N3OS. The first-order valence-corrected chi connectivity index (χ1v) is 7.87. The fourth-order valence-electron chi connectivity index (χ4n) is 2.84. The van der Waals surface area contributed by atoms with E-state index in [9.17, 15) is 0 Å². The highest BCUT2D eigenvalue weighted by Gasteiger charge is 2.25. The van der Waals surface area contributed by atoms with Crippen molar-refractivity contribution in [2.75, 3.05) is 19.1 Å². The molecule has 0 radical (unpaired) electrons. The van der Waals surface area contributed by atoms with Gasteiger partial charge in [-0.05, 0) is 18.8 Å². The Hall–Kier alpha value is -0.650. The number of anilines is 1. The Balaban J connectivity index is 2.11. The predicted octanol–water partition coefficient (Wildman–Crippen LogP) is 2.76. The molecule has 1 aliphatic carbocycles. The molecule has 19 heavy (non-hydrogen) atoms. The van der Waals surface area contributed by atoms with Crippen LogP contribution in [0.1, 0.15) is 43.2 Å². The van der Waals surface area contributed by atoms with E-state index in [1.54, 1.807) is 18.4 Å². The molecule has 2 N–H and O–H groups in total. The lowest BCUT2D eigenvalue weighted by Gasteiger charge is -2.33. The van der Waals surface area contributed by atoms with E-state index in [0.717, 1.165) is 21.6 Å². The summed E-state index contributed by atoms with van der Waals surface area (Å²) < 4.78 is 5.20. The molecule has 1 aromatic heterocycles. The van der Waals surface area contributed by atoms with Crippen LogP contribution in [0.5, 0.6) is 0 Å². The van der Waals surface area contributed by atoms with Gasteiger partial charge in [0, 0.05) is 31.6 Å². The molecule has 5 heteroatoms. The van der Waals surface area contributed by atoms with Gasteiger partial charge in [-0.25, -0.2) is 4.98 Å². The number of methoxy groups -OCH3 is 1. The summed E-state index contributed by atoms with van der Waals surface area (Å²) in [4.78, 5) is 8.20. The maximum Gasteiger partial charge on any atom is 0.185 e. The monoisotopic (exact) mass is 283 g/mol. The Morgan fingerprint density at radius 3 is 2.89 bits per heavy atom. The topological polar surface area (TPSA) is 51.4 Å². The average molecular weight is 283 g/mol. The SMILES string of the molecule is COCc1nc(N(C)C2CCCC(C)C2)sc1CN. The summed E-state index contributed by atoms with van der Waals surface area (Å²) in [5.41, 5.74) is 6.79. The lowest BCUT2D eigenvalue weighted by Crippen LogP contribution is -2.35. The predicted molar refractivity (Wildman–Crippen MR) is 80.5 cm³/mol. The van der Waals surface area contributed by atoms with Gasteiger partial charge in [0.15, 0.2) is 5.13 Å². The summed E-state index contributed by atoms with van der Waals surface area (Å²) in [6.45, 7) is 3.45. The number of nitrogens with zero attached hydrogens (tertiary/aromatic N) is 2. The summed E-state index contributed by atoms with van der Waals surface area (Å²) in [6, 6.07) is 0.621. The van der Waals surface area contributed by atoms with Crippen LogP contribution < -0.4 is 10.6 Å². The molecule has 0 amide bonds. The van der Waals surface area contributed by atoms with Gasteiger partial charge in [-0.2, -0.15) is 0 Å². The van der Waals surface area contributed by atoms with Crippen molar-refractivity contribution >= 4 is 16.5 Å². The van der Waals surface area contributed by atoms with E-state index in [-0.39, 0.29) is 0 Å². The van der Waals surface area contributed by atoms with Crippen molar-refractivity contribution in [3.8, 4) is 0 Å². The third kappa shape index (κ3) is 3.46. The Kier molecular flexibility index (Phi) is 5.19. The lowest BCUT2D eigenvalue weighted by molar-refractivity contribution is 0.181. The van der Waals surface area contributed by atoms with Crippen LogP contribution in [0.15, 0.2) is 0 Å². The molecule has 1 fully saturated rings. The maximum atomic E-state index is 5.79. The highest BCUT2D eigenvalue weighted by atomic mass is 32.1. The zero-order valence-corrected chi connectivity index (χ0v) is 13.0. The summed E-state index contributed by atoms with van der Waals surface area (Å²) in [7, 11) is 3.87. The summed E-state index contributed by atoms with van der Waals surface area (Å²) >= 11 is 1.71. The molecule has 108 valence electrons. The smallest absolute Gasteiger partial charge is 0.185 e. The van der Waals surface area contributed by atoms with E-state index in [1.165, 1.54) is 25.7 Å². The molecule has 0 aliphatic heterocycles. The summed E-state index contributed by atoms with van der Waals surface area (Å²) in [5.74, 6) is 0.827. The molecule has 0 saturated heterocycles. The largest absolute Gasteiger partial charge is 0.378 e. The van der Waals surface area contributed by atoms with Gasteiger partial charge in [-0.15, -0.1) is 11.3 Å². The minimum Gasteiger partial charge on any atom is -0.378 e.